The molecule has 2 heterocycles. The van der Waals surface area contributed by atoms with Crippen LogP contribution in [0.2, 0.25) is 0 Å². The second-order valence-electron chi connectivity index (χ2n) is 7.84. The number of rotatable bonds is 4. The molecule has 0 aliphatic carbocycles. The van der Waals surface area contributed by atoms with E-state index in [-0.39, 0.29) is 12.1 Å². The van der Waals surface area contributed by atoms with Gasteiger partial charge in [-0.2, -0.15) is 0 Å². The van der Waals surface area contributed by atoms with Crippen molar-refractivity contribution in [2.24, 2.45) is 0 Å². The highest BCUT2D eigenvalue weighted by atomic mass is 16.6. The highest BCUT2D eigenvalue weighted by Gasteiger charge is 2.24. The molecule has 30 heavy (non-hydrogen) atoms. The predicted molar refractivity (Wildman–Crippen MR) is 122 cm³/mol. The van der Waals surface area contributed by atoms with E-state index in [4.69, 9.17) is 4.74 Å². The zero-order chi connectivity index (χ0) is 20.9. The van der Waals surface area contributed by atoms with Gasteiger partial charge in [-0.15, -0.1) is 0 Å². The number of likely N-dealkylation sites (N-methyl/N-ethyl adjacent to an activating group) is 1. The third-order valence-electron chi connectivity index (χ3n) is 5.77. The molecular formula is C25H29N3O2. The minimum absolute atomic E-state index is 0.0291. The molecule has 2 aromatic carbocycles. The predicted octanol–water partition coefficient (Wildman–Crippen LogP) is 4.63. The van der Waals surface area contributed by atoms with Gasteiger partial charge < -0.3 is 14.5 Å². The lowest BCUT2D eigenvalue weighted by Crippen LogP contribution is -2.44. The summed E-state index contributed by atoms with van der Waals surface area (Å²) in [5.74, 6) is 0.581. The molecule has 2 aliphatic rings. The topological polar surface area (TPSA) is 36.0 Å². The number of amides is 1. The minimum atomic E-state index is -0.350. The minimum Gasteiger partial charge on any atom is -0.410 e. The van der Waals surface area contributed by atoms with E-state index >= 15 is 0 Å². The van der Waals surface area contributed by atoms with Gasteiger partial charge in [0.05, 0.1) is 6.04 Å². The van der Waals surface area contributed by atoms with E-state index in [9.17, 15) is 4.79 Å². The zero-order valence-electron chi connectivity index (χ0n) is 17.7. The van der Waals surface area contributed by atoms with Crippen molar-refractivity contribution in [3.05, 3.63) is 78.5 Å². The number of hydrogen-bond acceptors (Lipinski definition) is 4. The van der Waals surface area contributed by atoms with Crippen LogP contribution in [0.4, 0.5) is 10.5 Å². The van der Waals surface area contributed by atoms with Crippen LogP contribution in [0, 0.1) is 0 Å². The molecule has 156 valence electrons. The molecule has 1 unspecified atom stereocenters. The number of nitrogens with zero attached hydrogens (tertiary/aromatic N) is 3. The maximum atomic E-state index is 12.9. The Bertz CT molecular complexity index is 930. The van der Waals surface area contributed by atoms with Gasteiger partial charge in [0.15, 0.2) is 0 Å². The van der Waals surface area contributed by atoms with E-state index in [1.807, 2.05) is 48.7 Å². The summed E-state index contributed by atoms with van der Waals surface area (Å²) in [5.41, 5.74) is 3.38. The van der Waals surface area contributed by atoms with Gasteiger partial charge in [-0.05, 0) is 42.8 Å². The standard InChI is InChI=1S/C25H29N3O2/c1-3-22-18-21(20-8-5-4-6-9-20)12-13-28(22)25(29)30-24-11-7-10-23(19-24)27-16-14-26(2)15-17-27/h4-13,18-19,22H,3,14-17H2,1-2H3. The van der Waals surface area contributed by atoms with Crippen LogP contribution in [-0.4, -0.2) is 55.2 Å². The number of allylic oxidation sites excluding steroid dienone is 2. The number of benzene rings is 2. The highest BCUT2D eigenvalue weighted by Crippen LogP contribution is 2.27. The largest absolute Gasteiger partial charge is 0.419 e. The molecule has 0 saturated carbocycles. The van der Waals surface area contributed by atoms with Crippen LogP contribution in [0.1, 0.15) is 18.9 Å². The first-order valence-electron chi connectivity index (χ1n) is 10.6. The Morgan fingerprint density at radius 2 is 1.80 bits per heavy atom. The number of carbonyl (C=O) groups is 1. The van der Waals surface area contributed by atoms with Crippen molar-refractivity contribution in [3.63, 3.8) is 0 Å². The van der Waals surface area contributed by atoms with Gasteiger partial charge in [0.1, 0.15) is 5.75 Å². The third kappa shape index (κ3) is 4.57. The highest BCUT2D eigenvalue weighted by molar-refractivity contribution is 5.80. The number of carbonyl (C=O) groups excluding carboxylic acids is 1. The van der Waals surface area contributed by atoms with E-state index in [1.54, 1.807) is 4.90 Å². The van der Waals surface area contributed by atoms with Gasteiger partial charge in [-0.1, -0.05) is 49.4 Å². The quantitative estimate of drug-likeness (QED) is 0.746. The lowest BCUT2D eigenvalue weighted by molar-refractivity contribution is 0.160. The maximum Gasteiger partial charge on any atom is 0.419 e. The normalized spacial score (nSPS) is 19.5. The molecule has 5 heteroatoms. The van der Waals surface area contributed by atoms with Crippen molar-refractivity contribution >= 4 is 17.4 Å². The molecule has 0 bridgehead atoms. The summed E-state index contributed by atoms with van der Waals surface area (Å²) in [6.45, 7) is 6.12. The van der Waals surface area contributed by atoms with Crippen LogP contribution in [-0.2, 0) is 0 Å². The zero-order valence-corrected chi connectivity index (χ0v) is 17.7. The summed E-state index contributed by atoms with van der Waals surface area (Å²) in [4.78, 5) is 19.2. The number of anilines is 1. The van der Waals surface area contributed by atoms with Gasteiger partial charge in [-0.3, -0.25) is 4.90 Å². The van der Waals surface area contributed by atoms with Crippen molar-refractivity contribution < 1.29 is 9.53 Å². The van der Waals surface area contributed by atoms with E-state index in [1.165, 1.54) is 0 Å². The molecule has 0 radical (unpaired) electrons. The average Bonchev–Trinajstić information content (AvgIpc) is 2.80. The molecule has 0 N–H and O–H groups in total. The molecule has 2 aromatic rings. The molecule has 2 aliphatic heterocycles. The lowest BCUT2D eigenvalue weighted by Gasteiger charge is -2.34. The van der Waals surface area contributed by atoms with Gasteiger partial charge in [-0.25, -0.2) is 4.79 Å². The first-order valence-corrected chi connectivity index (χ1v) is 10.6. The second-order valence-corrected chi connectivity index (χ2v) is 7.84. The summed E-state index contributed by atoms with van der Waals surface area (Å²) in [6.07, 6.45) is 6.41. The van der Waals surface area contributed by atoms with Crippen molar-refractivity contribution in [2.75, 3.05) is 38.1 Å². The smallest absolute Gasteiger partial charge is 0.410 e. The third-order valence-corrected chi connectivity index (χ3v) is 5.77. The van der Waals surface area contributed by atoms with E-state index in [0.29, 0.717) is 5.75 Å². The molecule has 1 fully saturated rings. The summed E-state index contributed by atoms with van der Waals surface area (Å²) < 4.78 is 5.75. The summed E-state index contributed by atoms with van der Waals surface area (Å²) >= 11 is 0. The van der Waals surface area contributed by atoms with Crippen LogP contribution in [0.25, 0.3) is 5.57 Å². The van der Waals surface area contributed by atoms with Crippen LogP contribution < -0.4 is 9.64 Å². The molecule has 0 spiro atoms. The first kappa shape index (κ1) is 20.2. The van der Waals surface area contributed by atoms with E-state index in [2.05, 4.69) is 48.0 Å². The molecule has 1 amide bonds. The van der Waals surface area contributed by atoms with Gasteiger partial charge >= 0.3 is 6.09 Å². The van der Waals surface area contributed by atoms with E-state index in [0.717, 1.165) is 49.4 Å². The fourth-order valence-electron chi connectivity index (χ4n) is 3.91. The molecule has 1 saturated heterocycles. The number of piperazine rings is 1. The van der Waals surface area contributed by atoms with Crippen molar-refractivity contribution in [3.8, 4) is 5.75 Å². The van der Waals surface area contributed by atoms with Crippen LogP contribution in [0.5, 0.6) is 5.75 Å². The molecule has 0 aromatic heterocycles. The van der Waals surface area contributed by atoms with Gasteiger partial charge in [0.25, 0.3) is 0 Å². The van der Waals surface area contributed by atoms with Crippen LogP contribution >= 0.6 is 0 Å². The van der Waals surface area contributed by atoms with Crippen molar-refractivity contribution in [1.82, 2.24) is 9.80 Å². The Morgan fingerprint density at radius 1 is 1.03 bits per heavy atom. The molecule has 1 atom stereocenters. The van der Waals surface area contributed by atoms with E-state index < -0.39 is 0 Å². The van der Waals surface area contributed by atoms with Gasteiger partial charge in [0.2, 0.25) is 0 Å². The van der Waals surface area contributed by atoms with Crippen LogP contribution in [0.15, 0.2) is 72.9 Å². The Labute approximate surface area is 178 Å². The number of hydrogen-bond donors (Lipinski definition) is 0. The lowest BCUT2D eigenvalue weighted by atomic mass is 9.99. The Kier molecular flexibility index (Phi) is 6.19. The Hall–Kier alpha value is -3.05. The fourth-order valence-corrected chi connectivity index (χ4v) is 3.91. The van der Waals surface area contributed by atoms with Gasteiger partial charge in [0, 0.05) is 44.1 Å². The molecule has 4 rings (SSSR count). The monoisotopic (exact) mass is 403 g/mol. The SMILES string of the molecule is CCC1C=C(c2ccccc2)C=CN1C(=O)Oc1cccc(N2CCN(C)CC2)c1. The summed E-state index contributed by atoms with van der Waals surface area (Å²) in [5, 5.41) is 0. The summed E-state index contributed by atoms with van der Waals surface area (Å²) in [7, 11) is 2.14. The number of ether oxygens (including phenoxy) is 1. The second kappa shape index (κ2) is 9.18. The molecular weight excluding hydrogens is 374 g/mol. The molecule has 5 nitrogen and oxygen atoms in total. The van der Waals surface area contributed by atoms with Crippen molar-refractivity contribution in [2.45, 2.75) is 19.4 Å². The van der Waals surface area contributed by atoms with Crippen LogP contribution in [0.3, 0.4) is 0 Å². The summed E-state index contributed by atoms with van der Waals surface area (Å²) in [6, 6.07) is 18.0. The fraction of sp³-hybridized carbons (Fsp3) is 0.320. The average molecular weight is 404 g/mol. The first-order chi connectivity index (χ1) is 14.6. The Morgan fingerprint density at radius 3 is 2.53 bits per heavy atom. The maximum absolute atomic E-state index is 12.9. The Balaban J connectivity index is 1.45. The van der Waals surface area contributed by atoms with Crippen molar-refractivity contribution in [1.29, 1.82) is 0 Å².